The lowest BCUT2D eigenvalue weighted by molar-refractivity contribution is 0.309. The van der Waals surface area contributed by atoms with E-state index in [1.54, 1.807) is 6.07 Å². The number of ether oxygens (including phenoxy) is 1. The van der Waals surface area contributed by atoms with Crippen LogP contribution in [0.4, 0.5) is 10.2 Å². The number of anilines is 1. The fourth-order valence-corrected chi connectivity index (χ4v) is 2.85. The Hall–Kier alpha value is -2.20. The van der Waals surface area contributed by atoms with Crippen molar-refractivity contribution < 1.29 is 9.13 Å². The minimum atomic E-state index is -0.279. The molecule has 3 aromatic rings. The minimum absolute atomic E-state index is 0.279. The first-order valence-corrected chi connectivity index (χ1v) is 7.49. The second-order valence-corrected chi connectivity index (χ2v) is 5.90. The summed E-state index contributed by atoms with van der Waals surface area (Å²) in [7, 11) is 4.35. The van der Waals surface area contributed by atoms with Crippen LogP contribution in [0.2, 0.25) is 0 Å². The van der Waals surface area contributed by atoms with Gasteiger partial charge in [0, 0.05) is 17.7 Å². The van der Waals surface area contributed by atoms with E-state index in [4.69, 9.17) is 4.74 Å². The van der Waals surface area contributed by atoms with Crippen LogP contribution >= 0.6 is 9.24 Å². The van der Waals surface area contributed by atoms with Gasteiger partial charge in [-0.2, -0.15) is 5.10 Å². The van der Waals surface area contributed by atoms with E-state index in [0.717, 1.165) is 29.0 Å². The highest BCUT2D eigenvalue weighted by atomic mass is 31.0. The molecule has 1 aromatic carbocycles. The van der Waals surface area contributed by atoms with E-state index in [2.05, 4.69) is 24.4 Å². The summed E-state index contributed by atoms with van der Waals surface area (Å²) in [5.74, 6) is 1.26. The maximum Gasteiger partial charge on any atom is 0.171 e. The zero-order chi connectivity index (χ0) is 15.3. The number of aromatic nitrogens is 3. The van der Waals surface area contributed by atoms with E-state index in [-0.39, 0.29) is 5.82 Å². The molecule has 0 spiro atoms. The van der Waals surface area contributed by atoms with Crippen molar-refractivity contribution in [2.45, 2.75) is 0 Å². The Morgan fingerprint density at radius 2 is 2.23 bits per heavy atom. The highest BCUT2D eigenvalue weighted by Gasteiger charge is 2.19. The molecule has 5 nitrogen and oxygen atoms in total. The van der Waals surface area contributed by atoms with Crippen LogP contribution in [-0.2, 0) is 0 Å². The van der Waals surface area contributed by atoms with Crippen LogP contribution in [0.15, 0.2) is 24.3 Å². The number of H-pyrrole nitrogens is 1. The molecule has 1 aliphatic rings. The summed E-state index contributed by atoms with van der Waals surface area (Å²) in [5, 5.41) is 8.46. The molecule has 112 valence electrons. The largest absolute Gasteiger partial charge is 0.488 e. The topological polar surface area (TPSA) is 54.0 Å². The van der Waals surface area contributed by atoms with E-state index < -0.39 is 0 Å². The molecule has 0 saturated heterocycles. The molecule has 4 rings (SSSR count). The van der Waals surface area contributed by atoms with Crippen molar-refractivity contribution in [2.24, 2.45) is 0 Å². The van der Waals surface area contributed by atoms with Crippen molar-refractivity contribution in [3.63, 3.8) is 0 Å². The molecule has 22 heavy (non-hydrogen) atoms. The van der Waals surface area contributed by atoms with Crippen molar-refractivity contribution in [3.05, 3.63) is 30.1 Å². The fourth-order valence-electron chi connectivity index (χ4n) is 2.60. The standard InChI is InChI=1S/C15H14FN4OP/c1-20-4-5-21-12-3-2-10(17-15(12)20)14-8-6-9(16)13(22)7-11(8)18-19-14/h2-3,6-7H,4-5,22H2,1H3,(H,18,19). The van der Waals surface area contributed by atoms with Gasteiger partial charge >= 0.3 is 0 Å². The minimum Gasteiger partial charge on any atom is -0.488 e. The van der Waals surface area contributed by atoms with Crippen molar-refractivity contribution in [2.75, 3.05) is 25.1 Å². The molecule has 0 saturated carbocycles. The molecule has 0 bridgehead atoms. The third-order valence-corrected chi connectivity index (χ3v) is 4.25. The quantitative estimate of drug-likeness (QED) is 0.699. The Labute approximate surface area is 128 Å². The Morgan fingerprint density at radius 3 is 3.09 bits per heavy atom. The number of hydrogen-bond acceptors (Lipinski definition) is 4. The number of rotatable bonds is 1. The van der Waals surface area contributed by atoms with Crippen LogP contribution in [-0.4, -0.2) is 35.4 Å². The van der Waals surface area contributed by atoms with Gasteiger partial charge in [0.2, 0.25) is 0 Å². The van der Waals surface area contributed by atoms with E-state index in [0.29, 0.717) is 23.3 Å². The normalized spacial score (nSPS) is 14.0. The fraction of sp³-hybridized carbons (Fsp3) is 0.200. The van der Waals surface area contributed by atoms with Gasteiger partial charge in [-0.3, -0.25) is 5.10 Å². The SMILES string of the molecule is CN1CCOc2ccc(-c3n[nH]c4cc(P)c(F)cc34)nc21. The lowest BCUT2D eigenvalue weighted by Gasteiger charge is -2.26. The monoisotopic (exact) mass is 316 g/mol. The molecule has 0 fully saturated rings. The summed E-state index contributed by atoms with van der Waals surface area (Å²) in [5.41, 5.74) is 2.12. The molecule has 1 aliphatic heterocycles. The first-order chi connectivity index (χ1) is 10.6. The predicted octanol–water partition coefficient (Wildman–Crippen LogP) is 2.09. The third kappa shape index (κ3) is 2.03. The molecule has 2 aromatic heterocycles. The van der Waals surface area contributed by atoms with Crippen LogP contribution in [0.5, 0.6) is 5.75 Å². The first kappa shape index (κ1) is 13.5. The van der Waals surface area contributed by atoms with E-state index in [1.807, 2.05) is 24.1 Å². The van der Waals surface area contributed by atoms with Crippen LogP contribution in [0, 0.1) is 5.82 Å². The van der Waals surface area contributed by atoms with Gasteiger partial charge in [-0.25, -0.2) is 9.37 Å². The summed E-state index contributed by atoms with van der Waals surface area (Å²) < 4.78 is 19.4. The van der Waals surface area contributed by atoms with Gasteiger partial charge in [0.1, 0.15) is 18.1 Å². The molecule has 0 amide bonds. The summed E-state index contributed by atoms with van der Waals surface area (Å²) in [6.45, 7) is 1.44. The van der Waals surface area contributed by atoms with Gasteiger partial charge in [0.15, 0.2) is 11.6 Å². The van der Waals surface area contributed by atoms with E-state index >= 15 is 0 Å². The summed E-state index contributed by atoms with van der Waals surface area (Å²) in [6, 6.07) is 6.94. The van der Waals surface area contributed by atoms with Gasteiger partial charge in [-0.1, -0.05) is 0 Å². The number of hydrogen-bond donors (Lipinski definition) is 1. The second kappa shape index (κ2) is 4.92. The molecular formula is C15H14FN4OP. The van der Waals surface area contributed by atoms with Crippen LogP contribution in [0.3, 0.4) is 0 Å². The lowest BCUT2D eigenvalue weighted by atomic mass is 10.1. The highest BCUT2D eigenvalue weighted by Crippen LogP contribution is 2.33. The van der Waals surface area contributed by atoms with Gasteiger partial charge in [0.05, 0.1) is 17.8 Å². The summed E-state index contributed by atoms with van der Waals surface area (Å²) >= 11 is 0. The molecule has 7 heteroatoms. The van der Waals surface area contributed by atoms with E-state index in [1.165, 1.54) is 6.07 Å². The summed E-state index contributed by atoms with van der Waals surface area (Å²) in [4.78, 5) is 6.67. The number of aromatic amines is 1. The molecule has 0 aliphatic carbocycles. The predicted molar refractivity (Wildman–Crippen MR) is 87.4 cm³/mol. The van der Waals surface area contributed by atoms with Crippen molar-refractivity contribution in [1.82, 2.24) is 15.2 Å². The van der Waals surface area contributed by atoms with Crippen LogP contribution < -0.4 is 14.9 Å². The Kier molecular flexibility index (Phi) is 3.01. The molecule has 1 atom stereocenters. The average molecular weight is 316 g/mol. The smallest absolute Gasteiger partial charge is 0.171 e. The highest BCUT2D eigenvalue weighted by molar-refractivity contribution is 7.27. The maximum absolute atomic E-state index is 13.8. The molecule has 3 heterocycles. The van der Waals surface area contributed by atoms with Crippen LogP contribution in [0.1, 0.15) is 0 Å². The number of fused-ring (bicyclic) bond motifs is 2. The van der Waals surface area contributed by atoms with Gasteiger partial charge in [-0.15, -0.1) is 9.24 Å². The molecular weight excluding hydrogens is 302 g/mol. The second-order valence-electron chi connectivity index (χ2n) is 5.28. The summed E-state index contributed by atoms with van der Waals surface area (Å²) in [6.07, 6.45) is 0. The number of nitrogens with one attached hydrogen (secondary N) is 1. The number of likely N-dealkylation sites (N-methyl/N-ethyl adjacent to an activating group) is 1. The Bertz CT molecular complexity index is 879. The van der Waals surface area contributed by atoms with E-state index in [9.17, 15) is 4.39 Å². The van der Waals surface area contributed by atoms with Crippen molar-refractivity contribution in [1.29, 1.82) is 0 Å². The zero-order valence-electron chi connectivity index (χ0n) is 11.9. The number of halogens is 1. The zero-order valence-corrected chi connectivity index (χ0v) is 13.1. The molecule has 0 radical (unpaired) electrons. The first-order valence-electron chi connectivity index (χ1n) is 6.92. The van der Waals surface area contributed by atoms with Gasteiger partial charge in [0.25, 0.3) is 0 Å². The average Bonchev–Trinajstić information content (AvgIpc) is 2.91. The number of nitrogens with zero attached hydrogens (tertiary/aromatic N) is 3. The molecule has 1 unspecified atom stereocenters. The Balaban J connectivity index is 1.89. The lowest BCUT2D eigenvalue weighted by Crippen LogP contribution is -2.29. The third-order valence-electron chi connectivity index (χ3n) is 3.81. The number of benzene rings is 1. The maximum atomic E-state index is 13.8. The number of pyridine rings is 1. The van der Waals surface area contributed by atoms with Gasteiger partial charge in [-0.05, 0) is 24.3 Å². The molecule has 1 N–H and O–H groups in total. The van der Waals surface area contributed by atoms with Crippen molar-refractivity contribution in [3.8, 4) is 17.1 Å². The van der Waals surface area contributed by atoms with Crippen LogP contribution in [0.25, 0.3) is 22.3 Å². The van der Waals surface area contributed by atoms with Gasteiger partial charge < -0.3 is 9.64 Å². The Morgan fingerprint density at radius 1 is 1.36 bits per heavy atom. The van der Waals surface area contributed by atoms with Crippen molar-refractivity contribution >= 4 is 31.3 Å².